The summed E-state index contributed by atoms with van der Waals surface area (Å²) >= 11 is 0. The summed E-state index contributed by atoms with van der Waals surface area (Å²) in [5, 5.41) is 2.97. The highest BCUT2D eigenvalue weighted by molar-refractivity contribution is 5.80. The Morgan fingerprint density at radius 1 is 1.47 bits per heavy atom. The molecule has 0 saturated carbocycles. The molecule has 0 spiro atoms. The van der Waals surface area contributed by atoms with Gasteiger partial charge >= 0.3 is 0 Å². The Bertz CT molecular complexity index is 345. The van der Waals surface area contributed by atoms with Crippen molar-refractivity contribution in [1.29, 1.82) is 0 Å². The summed E-state index contributed by atoms with van der Waals surface area (Å²) in [5.74, 6) is 0.164. The first-order valence-electron chi connectivity index (χ1n) is 4.74. The van der Waals surface area contributed by atoms with E-state index < -0.39 is 5.41 Å². The largest absolute Gasteiger partial charge is 0.369 e. The number of amides is 1. The van der Waals surface area contributed by atoms with Crippen LogP contribution in [0.5, 0.6) is 0 Å². The number of nitrogens with one attached hydrogen (secondary N) is 1. The lowest BCUT2D eigenvalue weighted by molar-refractivity contribution is -0.125. The molecule has 1 aromatic rings. The molecular formula is C10H16N4O. The van der Waals surface area contributed by atoms with Crippen LogP contribution in [0.4, 0.5) is 5.95 Å². The van der Waals surface area contributed by atoms with Gasteiger partial charge in [-0.15, -0.1) is 0 Å². The molecule has 0 unspecified atom stereocenters. The molecule has 3 N–H and O–H groups in total. The molecule has 5 nitrogen and oxygen atoms in total. The predicted molar refractivity (Wildman–Crippen MR) is 58.2 cm³/mol. The summed E-state index contributed by atoms with van der Waals surface area (Å²) in [4.78, 5) is 19.2. The van der Waals surface area contributed by atoms with Crippen LogP contribution in [-0.2, 0) is 4.79 Å². The molecule has 0 aliphatic rings. The minimum atomic E-state index is -0.603. The van der Waals surface area contributed by atoms with Gasteiger partial charge in [-0.05, 0) is 26.3 Å². The average molecular weight is 208 g/mol. The number of carbonyl (C=O) groups excluding carboxylic acids is 1. The van der Waals surface area contributed by atoms with Gasteiger partial charge in [-0.3, -0.25) is 4.79 Å². The van der Waals surface area contributed by atoms with Crippen LogP contribution in [0.2, 0.25) is 0 Å². The van der Waals surface area contributed by atoms with Gasteiger partial charge in [0.25, 0.3) is 0 Å². The lowest BCUT2D eigenvalue weighted by Gasteiger charge is -2.20. The van der Waals surface area contributed by atoms with Gasteiger partial charge in [0.15, 0.2) is 0 Å². The maximum absolute atomic E-state index is 11.0. The molecule has 0 saturated heterocycles. The first kappa shape index (κ1) is 11.4. The Labute approximate surface area is 89.1 Å². The molecule has 15 heavy (non-hydrogen) atoms. The van der Waals surface area contributed by atoms with Gasteiger partial charge in [0.05, 0.1) is 5.41 Å². The highest BCUT2D eigenvalue weighted by atomic mass is 16.1. The van der Waals surface area contributed by atoms with Crippen molar-refractivity contribution in [2.75, 3.05) is 11.9 Å². The Kier molecular flexibility index (Phi) is 3.24. The molecule has 0 aliphatic heterocycles. The van der Waals surface area contributed by atoms with E-state index in [0.29, 0.717) is 12.5 Å². The number of aryl methyl sites for hydroxylation is 1. The normalized spacial score (nSPS) is 11.1. The highest BCUT2D eigenvalue weighted by Gasteiger charge is 2.24. The second-order valence-electron chi connectivity index (χ2n) is 4.19. The van der Waals surface area contributed by atoms with Crippen molar-refractivity contribution in [2.24, 2.45) is 11.1 Å². The molecule has 0 atom stereocenters. The number of anilines is 1. The SMILES string of the molecule is Cc1cnc(NCC(C)(C)C(N)=O)nc1. The minimum absolute atomic E-state index is 0.345. The zero-order chi connectivity index (χ0) is 11.5. The predicted octanol–water partition coefficient (Wildman–Crippen LogP) is 0.708. The fraction of sp³-hybridized carbons (Fsp3) is 0.500. The Balaban J connectivity index is 2.57. The summed E-state index contributed by atoms with van der Waals surface area (Å²) in [7, 11) is 0. The number of hydrogen-bond acceptors (Lipinski definition) is 4. The minimum Gasteiger partial charge on any atom is -0.369 e. The second-order valence-corrected chi connectivity index (χ2v) is 4.19. The maximum Gasteiger partial charge on any atom is 0.224 e. The molecule has 1 amide bonds. The summed E-state index contributed by atoms with van der Waals surface area (Å²) in [6, 6.07) is 0. The van der Waals surface area contributed by atoms with Gasteiger partial charge < -0.3 is 11.1 Å². The summed E-state index contributed by atoms with van der Waals surface area (Å²) in [6.07, 6.45) is 3.43. The summed E-state index contributed by atoms with van der Waals surface area (Å²) in [5.41, 5.74) is 5.63. The van der Waals surface area contributed by atoms with Crippen LogP contribution in [0.3, 0.4) is 0 Å². The Hall–Kier alpha value is -1.65. The van der Waals surface area contributed by atoms with Crippen LogP contribution < -0.4 is 11.1 Å². The molecule has 82 valence electrons. The van der Waals surface area contributed by atoms with E-state index in [1.807, 2.05) is 6.92 Å². The molecular weight excluding hydrogens is 192 g/mol. The van der Waals surface area contributed by atoms with Crippen molar-refractivity contribution in [3.63, 3.8) is 0 Å². The number of nitrogens with two attached hydrogens (primary N) is 1. The van der Waals surface area contributed by atoms with Gasteiger partial charge in [-0.25, -0.2) is 9.97 Å². The fourth-order valence-electron chi connectivity index (χ4n) is 0.871. The summed E-state index contributed by atoms with van der Waals surface area (Å²) < 4.78 is 0. The lowest BCUT2D eigenvalue weighted by atomic mass is 9.93. The van der Waals surface area contributed by atoms with E-state index in [4.69, 9.17) is 5.73 Å². The third-order valence-electron chi connectivity index (χ3n) is 2.14. The summed E-state index contributed by atoms with van der Waals surface area (Å²) in [6.45, 7) is 5.88. The fourth-order valence-corrected chi connectivity index (χ4v) is 0.871. The van der Waals surface area contributed by atoms with Gasteiger partial charge in [0, 0.05) is 18.9 Å². The molecule has 0 aromatic carbocycles. The van der Waals surface area contributed by atoms with E-state index in [1.165, 1.54) is 0 Å². The maximum atomic E-state index is 11.0. The van der Waals surface area contributed by atoms with Crippen molar-refractivity contribution < 1.29 is 4.79 Å². The van der Waals surface area contributed by atoms with E-state index >= 15 is 0 Å². The van der Waals surface area contributed by atoms with Crippen LogP contribution in [0, 0.1) is 12.3 Å². The van der Waals surface area contributed by atoms with Crippen LogP contribution in [0.25, 0.3) is 0 Å². The standard InChI is InChI=1S/C10H16N4O/c1-7-4-12-9(13-5-7)14-6-10(2,3)8(11)15/h4-5H,6H2,1-3H3,(H2,11,15)(H,12,13,14). The molecule has 1 rings (SSSR count). The number of aromatic nitrogens is 2. The number of hydrogen-bond donors (Lipinski definition) is 2. The van der Waals surface area contributed by atoms with Gasteiger partial charge in [-0.2, -0.15) is 0 Å². The Morgan fingerprint density at radius 2 is 2.00 bits per heavy atom. The lowest BCUT2D eigenvalue weighted by Crippen LogP contribution is -2.37. The monoisotopic (exact) mass is 208 g/mol. The van der Waals surface area contributed by atoms with Gasteiger partial charge in [0.1, 0.15) is 0 Å². The average Bonchev–Trinajstić information content (AvgIpc) is 2.17. The first-order valence-corrected chi connectivity index (χ1v) is 4.74. The molecule has 0 aliphatic carbocycles. The number of carbonyl (C=O) groups is 1. The van der Waals surface area contributed by atoms with E-state index in [1.54, 1.807) is 26.2 Å². The molecule has 0 radical (unpaired) electrons. The topological polar surface area (TPSA) is 80.9 Å². The van der Waals surface area contributed by atoms with Gasteiger partial charge in [0.2, 0.25) is 11.9 Å². The second kappa shape index (κ2) is 4.25. The van der Waals surface area contributed by atoms with Crippen molar-refractivity contribution in [2.45, 2.75) is 20.8 Å². The molecule has 1 heterocycles. The van der Waals surface area contributed by atoms with E-state index in [-0.39, 0.29) is 5.91 Å². The van der Waals surface area contributed by atoms with Crippen molar-refractivity contribution in [3.8, 4) is 0 Å². The third-order valence-corrected chi connectivity index (χ3v) is 2.14. The smallest absolute Gasteiger partial charge is 0.224 e. The van der Waals surface area contributed by atoms with E-state index in [2.05, 4.69) is 15.3 Å². The van der Waals surface area contributed by atoms with Crippen LogP contribution in [0.15, 0.2) is 12.4 Å². The van der Waals surface area contributed by atoms with Gasteiger partial charge in [-0.1, -0.05) is 0 Å². The quantitative estimate of drug-likeness (QED) is 0.763. The van der Waals surface area contributed by atoms with Crippen LogP contribution in [0.1, 0.15) is 19.4 Å². The molecule has 5 heteroatoms. The van der Waals surface area contributed by atoms with E-state index in [9.17, 15) is 4.79 Å². The molecule has 1 aromatic heterocycles. The van der Waals surface area contributed by atoms with Crippen molar-refractivity contribution >= 4 is 11.9 Å². The zero-order valence-corrected chi connectivity index (χ0v) is 9.24. The number of rotatable bonds is 4. The molecule has 0 bridgehead atoms. The van der Waals surface area contributed by atoms with Crippen molar-refractivity contribution in [1.82, 2.24) is 9.97 Å². The van der Waals surface area contributed by atoms with Crippen LogP contribution in [-0.4, -0.2) is 22.4 Å². The Morgan fingerprint density at radius 3 is 2.47 bits per heavy atom. The highest BCUT2D eigenvalue weighted by Crippen LogP contribution is 2.14. The van der Waals surface area contributed by atoms with Crippen molar-refractivity contribution in [3.05, 3.63) is 18.0 Å². The first-order chi connectivity index (χ1) is 6.92. The van der Waals surface area contributed by atoms with Crippen LogP contribution >= 0.6 is 0 Å². The third kappa shape index (κ3) is 3.19. The van der Waals surface area contributed by atoms with E-state index in [0.717, 1.165) is 5.56 Å². The zero-order valence-electron chi connectivity index (χ0n) is 9.24. The number of nitrogens with zero attached hydrogens (tertiary/aromatic N) is 2. The molecule has 0 fully saturated rings. The number of primary amides is 1.